The molecule has 5 heterocycles. The maximum atomic E-state index is 5.20. The van der Waals surface area contributed by atoms with Gasteiger partial charge in [-0.1, -0.05) is 98.2 Å². The summed E-state index contributed by atoms with van der Waals surface area (Å²) in [7, 11) is 0. The average molecular weight is 730 g/mol. The molecule has 1 fully saturated rings. The van der Waals surface area contributed by atoms with Crippen molar-refractivity contribution in [3.8, 4) is 56.9 Å². The molecule has 9 heteroatoms. The number of aliphatic imine (C=N–C) groups is 1. The SMILES string of the molecule is CC1=CC=CC=C(c2nc(-c3ccc4c(c3)C3(CCCC3)c3cc(-c5nc(-c6ccccn6)nc(-c6ccccn6)n5)ccc3-4)nc(C3C=CCC=N3)n2)C1C. The molecule has 1 spiro atoms. The van der Waals surface area contributed by atoms with Crippen LogP contribution in [0, 0.1) is 5.92 Å². The molecular weight excluding hydrogens is 691 g/mol. The van der Waals surface area contributed by atoms with E-state index in [1.807, 2.05) is 42.6 Å². The van der Waals surface area contributed by atoms with E-state index in [2.05, 4.69) is 96.7 Å². The lowest BCUT2D eigenvalue weighted by atomic mass is 9.76. The summed E-state index contributed by atoms with van der Waals surface area (Å²) < 4.78 is 0. The van der Waals surface area contributed by atoms with Crippen LogP contribution >= 0.6 is 0 Å². The number of rotatable bonds is 6. The van der Waals surface area contributed by atoms with Crippen molar-refractivity contribution in [2.45, 2.75) is 57.4 Å². The van der Waals surface area contributed by atoms with Gasteiger partial charge in [0.05, 0.1) is 0 Å². The summed E-state index contributed by atoms with van der Waals surface area (Å²) in [5.74, 6) is 3.82. The summed E-state index contributed by atoms with van der Waals surface area (Å²) in [5.41, 5.74) is 10.7. The highest BCUT2D eigenvalue weighted by Gasteiger charge is 2.45. The van der Waals surface area contributed by atoms with E-state index in [0.29, 0.717) is 46.3 Å². The van der Waals surface area contributed by atoms with Crippen molar-refractivity contribution in [3.63, 3.8) is 0 Å². The molecule has 0 amide bonds. The molecule has 0 bridgehead atoms. The van der Waals surface area contributed by atoms with E-state index in [-0.39, 0.29) is 17.4 Å². The number of aromatic nitrogens is 8. The number of fused-ring (bicyclic) bond motifs is 5. The normalized spacial score (nSPS) is 19.0. The zero-order valence-electron chi connectivity index (χ0n) is 31.3. The maximum absolute atomic E-state index is 5.20. The molecule has 0 saturated heterocycles. The smallest absolute Gasteiger partial charge is 0.182 e. The Bertz CT molecular complexity index is 2580. The second-order valence-corrected chi connectivity index (χ2v) is 15.0. The predicted molar refractivity (Wildman–Crippen MR) is 220 cm³/mol. The van der Waals surface area contributed by atoms with Crippen LogP contribution in [0.5, 0.6) is 0 Å². The molecule has 6 aromatic rings. The van der Waals surface area contributed by atoms with E-state index < -0.39 is 0 Å². The largest absolute Gasteiger partial charge is 0.282 e. The van der Waals surface area contributed by atoms with Crippen molar-refractivity contribution in [2.24, 2.45) is 10.9 Å². The third kappa shape index (κ3) is 5.91. The molecule has 56 heavy (non-hydrogen) atoms. The highest BCUT2D eigenvalue weighted by Crippen LogP contribution is 2.58. The lowest BCUT2D eigenvalue weighted by Gasteiger charge is -2.27. The molecule has 272 valence electrons. The fraction of sp³-hybridized carbons (Fsp3) is 0.213. The summed E-state index contributed by atoms with van der Waals surface area (Å²) in [4.78, 5) is 44.1. The first-order valence-corrected chi connectivity index (χ1v) is 19.4. The van der Waals surface area contributed by atoms with Gasteiger partial charge < -0.3 is 0 Å². The Morgan fingerprint density at radius 2 is 1.21 bits per heavy atom. The minimum atomic E-state index is -0.247. The van der Waals surface area contributed by atoms with Crippen LogP contribution < -0.4 is 0 Å². The summed E-state index contributed by atoms with van der Waals surface area (Å²) in [6.07, 6.45) is 23.4. The second kappa shape index (κ2) is 13.9. The number of dihydropyridines is 1. The van der Waals surface area contributed by atoms with Crippen LogP contribution in [-0.4, -0.2) is 46.1 Å². The zero-order chi connectivity index (χ0) is 37.6. The van der Waals surface area contributed by atoms with Gasteiger partial charge in [-0.15, -0.1) is 0 Å². The highest BCUT2D eigenvalue weighted by atomic mass is 15.1. The third-order valence-electron chi connectivity index (χ3n) is 11.7. The molecule has 2 atom stereocenters. The molecule has 10 rings (SSSR count). The van der Waals surface area contributed by atoms with Gasteiger partial charge in [-0.2, -0.15) is 0 Å². The third-order valence-corrected chi connectivity index (χ3v) is 11.7. The summed E-state index contributed by atoms with van der Waals surface area (Å²) in [6.45, 7) is 4.38. The molecule has 1 saturated carbocycles. The Balaban J connectivity index is 1.09. The number of hydrogen-bond acceptors (Lipinski definition) is 9. The van der Waals surface area contributed by atoms with Gasteiger partial charge in [-0.05, 0) is 78.4 Å². The topological polar surface area (TPSA) is 115 Å². The number of pyridine rings is 2. The number of nitrogens with zero attached hydrogens (tertiary/aromatic N) is 9. The van der Waals surface area contributed by atoms with Crippen LogP contribution in [0.4, 0.5) is 0 Å². The Morgan fingerprint density at radius 1 is 0.625 bits per heavy atom. The quantitative estimate of drug-likeness (QED) is 0.156. The highest BCUT2D eigenvalue weighted by molar-refractivity contribution is 5.85. The van der Waals surface area contributed by atoms with Gasteiger partial charge in [0.1, 0.15) is 17.4 Å². The molecule has 4 aliphatic rings. The monoisotopic (exact) mass is 729 g/mol. The summed E-state index contributed by atoms with van der Waals surface area (Å²) >= 11 is 0. The predicted octanol–water partition coefficient (Wildman–Crippen LogP) is 9.96. The maximum Gasteiger partial charge on any atom is 0.182 e. The number of benzene rings is 2. The lowest BCUT2D eigenvalue weighted by molar-refractivity contribution is 0.550. The van der Waals surface area contributed by atoms with E-state index in [1.54, 1.807) is 12.4 Å². The Kier molecular flexibility index (Phi) is 8.43. The van der Waals surface area contributed by atoms with E-state index in [4.69, 9.17) is 34.9 Å². The minimum absolute atomic E-state index is 0.141. The Morgan fingerprint density at radius 3 is 1.82 bits per heavy atom. The lowest BCUT2D eigenvalue weighted by Crippen LogP contribution is -2.20. The van der Waals surface area contributed by atoms with Crippen molar-refractivity contribution in [1.29, 1.82) is 0 Å². The second-order valence-electron chi connectivity index (χ2n) is 15.0. The van der Waals surface area contributed by atoms with Crippen molar-refractivity contribution in [3.05, 3.63) is 150 Å². The van der Waals surface area contributed by atoms with Crippen LogP contribution in [0.15, 0.2) is 132 Å². The molecule has 1 aliphatic heterocycles. The molecular formula is C47H39N9. The van der Waals surface area contributed by atoms with Crippen molar-refractivity contribution in [1.82, 2.24) is 39.9 Å². The van der Waals surface area contributed by atoms with Crippen LogP contribution in [0.25, 0.3) is 62.5 Å². The summed E-state index contributed by atoms with van der Waals surface area (Å²) in [6, 6.07) is 24.8. The van der Waals surface area contributed by atoms with Gasteiger partial charge in [0.2, 0.25) is 0 Å². The molecule has 4 aromatic heterocycles. The van der Waals surface area contributed by atoms with Gasteiger partial charge in [-0.3, -0.25) is 15.0 Å². The van der Waals surface area contributed by atoms with E-state index in [0.717, 1.165) is 48.8 Å². The van der Waals surface area contributed by atoms with Crippen LogP contribution in [0.1, 0.15) is 74.8 Å². The first kappa shape index (κ1) is 33.9. The molecule has 2 aromatic carbocycles. The van der Waals surface area contributed by atoms with Crippen molar-refractivity contribution < 1.29 is 0 Å². The minimum Gasteiger partial charge on any atom is -0.282 e. The van der Waals surface area contributed by atoms with E-state index in [9.17, 15) is 0 Å². The Hall–Kier alpha value is -6.61. The first-order chi connectivity index (χ1) is 27.5. The zero-order valence-corrected chi connectivity index (χ0v) is 31.3. The molecule has 3 aliphatic carbocycles. The molecule has 0 radical (unpaired) electrons. The van der Waals surface area contributed by atoms with Gasteiger partial charge in [0, 0.05) is 53.1 Å². The molecule has 2 unspecified atom stereocenters. The summed E-state index contributed by atoms with van der Waals surface area (Å²) in [5, 5.41) is 0. The van der Waals surface area contributed by atoms with Gasteiger partial charge in [0.15, 0.2) is 34.9 Å². The number of hydrogen-bond donors (Lipinski definition) is 0. The van der Waals surface area contributed by atoms with Crippen LogP contribution in [0.3, 0.4) is 0 Å². The van der Waals surface area contributed by atoms with Gasteiger partial charge in [0.25, 0.3) is 0 Å². The van der Waals surface area contributed by atoms with Gasteiger partial charge >= 0.3 is 0 Å². The first-order valence-electron chi connectivity index (χ1n) is 19.4. The van der Waals surface area contributed by atoms with Crippen LogP contribution in [-0.2, 0) is 5.41 Å². The fourth-order valence-electron chi connectivity index (χ4n) is 8.61. The van der Waals surface area contributed by atoms with Crippen LogP contribution in [0.2, 0.25) is 0 Å². The van der Waals surface area contributed by atoms with Crippen molar-refractivity contribution in [2.75, 3.05) is 0 Å². The fourth-order valence-corrected chi connectivity index (χ4v) is 8.61. The Labute approximate surface area is 326 Å². The standard InChI is InChI=1S/C47H39N9/c1-29-13-3-4-14-33(30(29)2)43-51-41(52-44(55-43)38-15-5-10-24-48-38)31-18-20-34-35-21-19-32(28-37(35)47(36(34)27-31)22-8-9-23-47)42-53-45(39-16-6-11-25-49-39)56-46(54-42)40-17-7-12-26-50-40/h3-7,11-21,24-28,30,38H,8-10,22-23H2,1-2H3. The van der Waals surface area contributed by atoms with E-state index in [1.165, 1.54) is 27.8 Å². The molecule has 0 N–H and O–H groups in total. The average Bonchev–Trinajstić information content (AvgIpc) is 3.82. The number of allylic oxidation sites excluding steroid dienone is 7. The van der Waals surface area contributed by atoms with E-state index >= 15 is 0 Å². The van der Waals surface area contributed by atoms with Crippen molar-refractivity contribution >= 4 is 11.8 Å². The van der Waals surface area contributed by atoms with Gasteiger partial charge in [-0.25, -0.2) is 29.9 Å². The molecule has 9 nitrogen and oxygen atoms in total.